The molecule has 1 saturated heterocycles. The molecule has 0 radical (unpaired) electrons. The average molecular weight is 161 g/mol. The lowest BCUT2D eigenvalue weighted by Gasteiger charge is -2.16. The fraction of sp³-hybridized carbons (Fsp3) is 0.833. The van der Waals surface area contributed by atoms with Crippen molar-refractivity contribution in [1.29, 1.82) is 0 Å². The largest absolute Gasteiger partial charge is 0.391 e. The highest BCUT2D eigenvalue weighted by atomic mass is 32.1. The molecule has 0 aliphatic carbocycles. The van der Waals surface area contributed by atoms with Crippen LogP contribution in [0.2, 0.25) is 0 Å². The SMILES string of the molecule is CC1(C)OC[C@H](C(N)=S)O1. The van der Waals surface area contributed by atoms with Crippen LogP contribution in [0.1, 0.15) is 13.8 Å². The van der Waals surface area contributed by atoms with Crippen LogP contribution in [0.5, 0.6) is 0 Å². The smallest absolute Gasteiger partial charge is 0.163 e. The molecule has 0 aromatic heterocycles. The predicted molar refractivity (Wildman–Crippen MR) is 41.7 cm³/mol. The first-order chi connectivity index (χ1) is 4.51. The summed E-state index contributed by atoms with van der Waals surface area (Å²) in [5, 5.41) is 0. The number of thiocarbonyl (C=S) groups is 1. The molecule has 1 rings (SSSR count). The molecule has 1 heterocycles. The maximum atomic E-state index is 5.35. The first-order valence-electron chi connectivity index (χ1n) is 3.12. The maximum Gasteiger partial charge on any atom is 0.163 e. The number of ether oxygens (including phenoxy) is 2. The third-order valence-corrected chi connectivity index (χ3v) is 1.59. The van der Waals surface area contributed by atoms with Crippen molar-refractivity contribution in [1.82, 2.24) is 0 Å². The van der Waals surface area contributed by atoms with Crippen molar-refractivity contribution >= 4 is 17.2 Å². The molecule has 1 fully saturated rings. The Balaban J connectivity index is 2.51. The molecule has 0 aromatic carbocycles. The van der Waals surface area contributed by atoms with Crippen LogP contribution in [0.25, 0.3) is 0 Å². The molecule has 2 N–H and O–H groups in total. The zero-order chi connectivity index (χ0) is 7.78. The summed E-state index contributed by atoms with van der Waals surface area (Å²) in [6.07, 6.45) is -0.204. The monoisotopic (exact) mass is 161 g/mol. The van der Waals surface area contributed by atoms with Gasteiger partial charge in [-0.2, -0.15) is 0 Å². The van der Waals surface area contributed by atoms with Crippen molar-refractivity contribution in [2.75, 3.05) is 6.61 Å². The van der Waals surface area contributed by atoms with Crippen LogP contribution < -0.4 is 5.73 Å². The van der Waals surface area contributed by atoms with Gasteiger partial charge >= 0.3 is 0 Å². The Morgan fingerprint density at radius 3 is 2.50 bits per heavy atom. The van der Waals surface area contributed by atoms with E-state index >= 15 is 0 Å². The van der Waals surface area contributed by atoms with Crippen LogP contribution in [0.4, 0.5) is 0 Å². The summed E-state index contributed by atoms with van der Waals surface area (Å²) in [7, 11) is 0. The molecule has 0 unspecified atom stereocenters. The fourth-order valence-corrected chi connectivity index (χ4v) is 0.943. The van der Waals surface area contributed by atoms with Crippen molar-refractivity contribution in [3.05, 3.63) is 0 Å². The Bertz CT molecular complexity index is 158. The van der Waals surface area contributed by atoms with E-state index in [4.69, 9.17) is 27.4 Å². The summed E-state index contributed by atoms with van der Waals surface area (Å²) >= 11 is 4.73. The number of nitrogens with two attached hydrogens (primary N) is 1. The zero-order valence-corrected chi connectivity index (χ0v) is 6.90. The van der Waals surface area contributed by atoms with E-state index in [0.29, 0.717) is 11.6 Å². The minimum Gasteiger partial charge on any atom is -0.391 e. The van der Waals surface area contributed by atoms with Crippen LogP contribution >= 0.6 is 12.2 Å². The Morgan fingerprint density at radius 1 is 1.70 bits per heavy atom. The Kier molecular flexibility index (Phi) is 1.94. The lowest BCUT2D eigenvalue weighted by Crippen LogP contribution is -2.30. The highest BCUT2D eigenvalue weighted by Gasteiger charge is 2.33. The van der Waals surface area contributed by atoms with Crippen LogP contribution in [0.15, 0.2) is 0 Å². The molecular weight excluding hydrogens is 150 g/mol. The second-order valence-corrected chi connectivity index (χ2v) is 3.19. The van der Waals surface area contributed by atoms with Gasteiger partial charge in [0.2, 0.25) is 0 Å². The molecule has 1 aliphatic rings. The Morgan fingerprint density at radius 2 is 2.30 bits per heavy atom. The van der Waals surface area contributed by atoms with Crippen molar-refractivity contribution in [3.8, 4) is 0 Å². The van der Waals surface area contributed by atoms with E-state index in [1.54, 1.807) is 0 Å². The van der Waals surface area contributed by atoms with E-state index in [9.17, 15) is 0 Å². The van der Waals surface area contributed by atoms with E-state index in [2.05, 4.69) is 0 Å². The normalized spacial score (nSPS) is 30.4. The molecular formula is C6H11NO2S. The highest BCUT2D eigenvalue weighted by molar-refractivity contribution is 7.80. The van der Waals surface area contributed by atoms with Crippen molar-refractivity contribution in [2.45, 2.75) is 25.7 Å². The van der Waals surface area contributed by atoms with E-state index in [1.165, 1.54) is 0 Å². The lowest BCUT2D eigenvalue weighted by molar-refractivity contribution is -0.131. The van der Waals surface area contributed by atoms with Gasteiger partial charge in [-0.05, 0) is 13.8 Å². The standard InChI is InChI=1S/C6H11NO2S/c1-6(2)8-3-4(9-6)5(7)10/h4H,3H2,1-2H3,(H2,7,10)/t4-/m1/s1. The molecule has 0 bridgehead atoms. The summed E-state index contributed by atoms with van der Waals surface area (Å²) in [6, 6.07) is 0. The minimum absolute atomic E-state index is 0.204. The summed E-state index contributed by atoms with van der Waals surface area (Å²) < 4.78 is 10.5. The number of rotatable bonds is 1. The van der Waals surface area contributed by atoms with Gasteiger partial charge < -0.3 is 15.2 Å². The van der Waals surface area contributed by atoms with Crippen molar-refractivity contribution < 1.29 is 9.47 Å². The minimum atomic E-state index is -0.520. The summed E-state index contributed by atoms with van der Waals surface area (Å²) in [4.78, 5) is 0.366. The number of hydrogen-bond acceptors (Lipinski definition) is 3. The lowest BCUT2D eigenvalue weighted by atomic mass is 10.4. The van der Waals surface area contributed by atoms with Gasteiger partial charge in [-0.15, -0.1) is 0 Å². The summed E-state index contributed by atoms with van der Waals surface area (Å²) in [6.45, 7) is 4.15. The van der Waals surface area contributed by atoms with E-state index in [0.717, 1.165) is 0 Å². The summed E-state index contributed by atoms with van der Waals surface area (Å²) in [5.41, 5.74) is 5.35. The molecule has 0 aromatic rings. The van der Waals surface area contributed by atoms with E-state index < -0.39 is 5.79 Å². The molecule has 1 atom stereocenters. The second-order valence-electron chi connectivity index (χ2n) is 2.72. The zero-order valence-electron chi connectivity index (χ0n) is 6.09. The molecule has 10 heavy (non-hydrogen) atoms. The average Bonchev–Trinajstić information content (AvgIpc) is 2.10. The van der Waals surface area contributed by atoms with Crippen LogP contribution in [0, 0.1) is 0 Å². The van der Waals surface area contributed by atoms with Gasteiger partial charge in [0.15, 0.2) is 5.79 Å². The molecule has 58 valence electrons. The van der Waals surface area contributed by atoms with Crippen molar-refractivity contribution in [2.24, 2.45) is 5.73 Å². The van der Waals surface area contributed by atoms with Crippen LogP contribution in [-0.2, 0) is 9.47 Å². The Hall–Kier alpha value is -0.190. The predicted octanol–water partition coefficient (Wildman–Crippen LogP) is 0.424. The quantitative estimate of drug-likeness (QED) is 0.566. The van der Waals surface area contributed by atoms with Crippen LogP contribution in [0.3, 0.4) is 0 Å². The molecule has 0 amide bonds. The van der Waals surface area contributed by atoms with Gasteiger partial charge in [-0.25, -0.2) is 0 Å². The third kappa shape index (κ3) is 1.65. The molecule has 4 heteroatoms. The molecule has 0 saturated carbocycles. The third-order valence-electron chi connectivity index (χ3n) is 1.33. The maximum absolute atomic E-state index is 5.35. The van der Waals surface area contributed by atoms with Crippen LogP contribution in [-0.4, -0.2) is 23.5 Å². The molecule has 0 spiro atoms. The first-order valence-corrected chi connectivity index (χ1v) is 3.53. The summed E-state index contributed by atoms with van der Waals surface area (Å²) in [5.74, 6) is -0.520. The van der Waals surface area contributed by atoms with E-state index in [-0.39, 0.29) is 6.10 Å². The first kappa shape index (κ1) is 7.91. The van der Waals surface area contributed by atoms with E-state index in [1.807, 2.05) is 13.8 Å². The Labute approximate surface area is 65.5 Å². The van der Waals surface area contributed by atoms with Crippen molar-refractivity contribution in [3.63, 3.8) is 0 Å². The van der Waals surface area contributed by atoms with Gasteiger partial charge in [0.25, 0.3) is 0 Å². The van der Waals surface area contributed by atoms with Gasteiger partial charge in [0.05, 0.1) is 6.61 Å². The highest BCUT2D eigenvalue weighted by Crippen LogP contribution is 2.21. The fourth-order valence-electron chi connectivity index (χ4n) is 0.827. The van der Waals surface area contributed by atoms with Gasteiger partial charge in [-0.1, -0.05) is 12.2 Å². The molecule has 3 nitrogen and oxygen atoms in total. The van der Waals surface area contributed by atoms with Gasteiger partial charge in [-0.3, -0.25) is 0 Å². The topological polar surface area (TPSA) is 44.5 Å². The van der Waals surface area contributed by atoms with Gasteiger partial charge in [0.1, 0.15) is 11.1 Å². The number of hydrogen-bond donors (Lipinski definition) is 1. The molecule has 1 aliphatic heterocycles. The van der Waals surface area contributed by atoms with Gasteiger partial charge in [0, 0.05) is 0 Å². The second kappa shape index (κ2) is 2.45.